The minimum Gasteiger partial charge on any atom is -0.385 e. The Morgan fingerprint density at radius 3 is 1.11 bits per heavy atom. The van der Waals surface area contributed by atoms with Crippen LogP contribution in [0.3, 0.4) is 0 Å². The Hall–Kier alpha value is -0.480. The van der Waals surface area contributed by atoms with E-state index in [1.165, 1.54) is 0 Å². The summed E-state index contributed by atoms with van der Waals surface area (Å²) in [6, 6.07) is 0. The first-order valence-electron chi connectivity index (χ1n) is 21.2. The second kappa shape index (κ2) is 27.2. The molecule has 0 bridgehead atoms. The van der Waals surface area contributed by atoms with E-state index in [1.54, 1.807) is 48.5 Å². The largest absolute Gasteiger partial charge is 0.472 e. The van der Waals surface area contributed by atoms with Crippen molar-refractivity contribution in [2.75, 3.05) is 31.3 Å². The van der Waals surface area contributed by atoms with Crippen molar-refractivity contribution < 1.29 is 66.4 Å². The summed E-state index contributed by atoms with van der Waals surface area (Å²) >= 11 is 3.65. The number of aliphatic hydroxyl groups excluding tert-OH is 2. The van der Waals surface area contributed by atoms with Crippen LogP contribution in [-0.2, 0) is 46.4 Å². The first kappa shape index (κ1) is 62.6. The number of phosphoric ester groups is 2. The maximum Gasteiger partial charge on any atom is 0.472 e. The molecular weight excluding hydrogens is 867 g/mol. The first-order chi connectivity index (χ1) is 27.2. The van der Waals surface area contributed by atoms with Crippen molar-refractivity contribution in [2.45, 2.75) is 202 Å². The van der Waals surface area contributed by atoms with E-state index in [9.17, 15) is 48.3 Å². The molecule has 0 amide bonds. The lowest BCUT2D eigenvalue weighted by molar-refractivity contribution is -0.135. The van der Waals surface area contributed by atoms with Crippen LogP contribution in [0.15, 0.2) is 0 Å². The van der Waals surface area contributed by atoms with Gasteiger partial charge in [0.25, 0.3) is 0 Å². The highest BCUT2D eigenvalue weighted by molar-refractivity contribution is 8.00. The molecule has 61 heavy (non-hydrogen) atoms. The highest BCUT2D eigenvalue weighted by atomic mass is 32.2. The maximum atomic E-state index is 12.3. The average molecular weight is 951 g/mol. The highest BCUT2D eigenvalue weighted by Crippen LogP contribution is 2.49. The number of rotatable bonds is 29. The Morgan fingerprint density at radius 2 is 0.803 bits per heavy atom. The van der Waals surface area contributed by atoms with Crippen LogP contribution in [0.1, 0.15) is 175 Å². The quantitative estimate of drug-likeness (QED) is 0.0405. The summed E-state index contributed by atoms with van der Waals surface area (Å²) in [7, 11) is -8.59. The minimum atomic E-state index is -4.31. The third-order valence-corrected chi connectivity index (χ3v) is 13.2. The predicted octanol–water partition coefficient (Wildman–Crippen LogP) is 10.1. The second-order valence-electron chi connectivity index (χ2n) is 21.1. The Labute approximate surface area is 377 Å². The van der Waals surface area contributed by atoms with Crippen molar-refractivity contribution in [3.8, 4) is 0 Å². The molecule has 0 aromatic heterocycles. The number of hydrogen-bond donors (Lipinski definition) is 4. The number of Topliss-reactive ketones (excluding diaryl/α,β-unsaturated/α-hetero) is 4. The lowest BCUT2D eigenvalue weighted by Gasteiger charge is -2.31. The number of phosphoric acid groups is 2. The van der Waals surface area contributed by atoms with Gasteiger partial charge in [-0.1, -0.05) is 90.0 Å². The lowest BCUT2D eigenvalue weighted by atomic mass is 9.84. The van der Waals surface area contributed by atoms with Crippen LogP contribution >= 0.6 is 39.2 Å². The third-order valence-electron chi connectivity index (χ3n) is 8.37. The van der Waals surface area contributed by atoms with Gasteiger partial charge in [0.15, 0.2) is 11.6 Å². The summed E-state index contributed by atoms with van der Waals surface area (Å²) in [4.78, 5) is 68.2. The average Bonchev–Trinajstić information content (AvgIpc) is 3.07. The first-order valence-corrected chi connectivity index (χ1v) is 26.2. The summed E-state index contributed by atoms with van der Waals surface area (Å²) in [5.74, 6) is 1.27. The molecular formula is C43H84O14P2S2. The summed E-state index contributed by atoms with van der Waals surface area (Å²) < 4.78 is 44.3. The van der Waals surface area contributed by atoms with Crippen molar-refractivity contribution in [2.24, 2.45) is 16.2 Å². The van der Waals surface area contributed by atoms with E-state index in [-0.39, 0.29) is 59.1 Å². The summed E-state index contributed by atoms with van der Waals surface area (Å²) in [5, 5.41) is 20.7. The van der Waals surface area contributed by atoms with E-state index in [4.69, 9.17) is 18.1 Å². The molecule has 0 spiro atoms. The number of thioether (sulfide) groups is 2. The van der Waals surface area contributed by atoms with Crippen molar-refractivity contribution in [3.63, 3.8) is 0 Å². The highest BCUT2D eigenvalue weighted by Gasteiger charge is 2.39. The summed E-state index contributed by atoms with van der Waals surface area (Å²) in [6.07, 6.45) is 1.42. The molecule has 4 atom stereocenters. The number of carbonyl (C=O) groups is 4. The second-order valence-corrected chi connectivity index (χ2v) is 27.8. The van der Waals surface area contributed by atoms with Crippen LogP contribution in [0.25, 0.3) is 0 Å². The summed E-state index contributed by atoms with van der Waals surface area (Å²) in [6.45, 7) is 29.0. The molecule has 0 saturated heterocycles. The molecule has 0 aromatic carbocycles. The van der Waals surface area contributed by atoms with Gasteiger partial charge in [0.2, 0.25) is 0 Å². The van der Waals surface area contributed by atoms with Crippen LogP contribution in [0.2, 0.25) is 0 Å². The fourth-order valence-corrected chi connectivity index (χ4v) is 9.11. The van der Waals surface area contributed by atoms with Gasteiger partial charge < -0.3 is 20.0 Å². The molecule has 14 nitrogen and oxygen atoms in total. The zero-order chi connectivity index (χ0) is 48.3. The summed E-state index contributed by atoms with van der Waals surface area (Å²) in [5.41, 5.74) is -3.34. The van der Waals surface area contributed by atoms with E-state index in [0.29, 0.717) is 38.5 Å². The molecule has 0 aliphatic heterocycles. The molecule has 4 unspecified atom stereocenters. The van der Waals surface area contributed by atoms with Crippen LogP contribution in [0.5, 0.6) is 0 Å². The van der Waals surface area contributed by atoms with Crippen molar-refractivity contribution >= 4 is 62.3 Å². The Balaban J connectivity index is 0. The molecule has 0 aromatic rings. The normalized spacial score (nSPS) is 16.1. The van der Waals surface area contributed by atoms with Gasteiger partial charge in [-0.2, -0.15) is 23.5 Å². The van der Waals surface area contributed by atoms with E-state index in [2.05, 4.69) is 41.5 Å². The monoisotopic (exact) mass is 950 g/mol. The number of carbonyl (C=O) groups excluding carboxylic acids is 4. The SMILES string of the molecule is CC(C)(C)COP(=O)(O)OCC(C)(C)C(O)C(=O)CCCC(=O)CCCSC(C)(C)C.CC(C)(C)OP(=O)(O)OCC(C)(C)C(O)C(=O)CCCC(=O)CCCSC(C)(C)C. The van der Waals surface area contributed by atoms with Crippen LogP contribution < -0.4 is 0 Å². The molecule has 362 valence electrons. The molecule has 4 N–H and O–H groups in total. The van der Waals surface area contributed by atoms with E-state index in [0.717, 1.165) is 24.3 Å². The molecule has 0 fully saturated rings. The van der Waals surface area contributed by atoms with Crippen LogP contribution in [0, 0.1) is 16.2 Å². The number of ketones is 4. The van der Waals surface area contributed by atoms with Crippen molar-refractivity contribution in [1.29, 1.82) is 0 Å². The molecule has 0 saturated carbocycles. The number of hydrogen-bond acceptors (Lipinski definition) is 14. The lowest BCUT2D eigenvalue weighted by Crippen LogP contribution is -2.39. The van der Waals surface area contributed by atoms with Gasteiger partial charge >= 0.3 is 15.6 Å². The molecule has 18 heteroatoms. The van der Waals surface area contributed by atoms with Gasteiger partial charge in [-0.15, -0.1) is 0 Å². The fourth-order valence-electron chi connectivity index (χ4n) is 4.95. The molecule has 0 radical (unpaired) electrons. The van der Waals surface area contributed by atoms with Gasteiger partial charge in [-0.25, -0.2) is 9.13 Å². The maximum absolute atomic E-state index is 12.3. The third kappa shape index (κ3) is 35.5. The van der Waals surface area contributed by atoms with E-state index in [1.807, 2.05) is 44.3 Å². The van der Waals surface area contributed by atoms with Gasteiger partial charge in [-0.05, 0) is 63.4 Å². The fraction of sp³-hybridized carbons (Fsp3) is 0.907. The topological polar surface area (TPSA) is 220 Å². The van der Waals surface area contributed by atoms with Crippen LogP contribution in [0.4, 0.5) is 0 Å². The van der Waals surface area contributed by atoms with Crippen molar-refractivity contribution in [3.05, 3.63) is 0 Å². The molecule has 0 aliphatic rings. The van der Waals surface area contributed by atoms with Gasteiger partial charge in [0.05, 0.1) is 25.4 Å². The molecule has 0 rings (SSSR count). The molecule has 0 heterocycles. The number of aliphatic hydroxyl groups is 2. The van der Waals surface area contributed by atoms with E-state index < -0.39 is 55.9 Å². The van der Waals surface area contributed by atoms with Gasteiger partial charge in [-0.3, -0.25) is 37.3 Å². The minimum absolute atomic E-state index is 0.0333. The zero-order valence-corrected chi connectivity index (χ0v) is 43.8. The van der Waals surface area contributed by atoms with Gasteiger partial charge in [0.1, 0.15) is 23.8 Å². The Kier molecular flexibility index (Phi) is 27.9. The van der Waals surface area contributed by atoms with Crippen LogP contribution in [-0.4, -0.2) is 102 Å². The standard InChI is InChI=1S/C22H43O7PS.C21H41O7PS/c1-20(2,3)15-28-30(26,27)29-16-22(7,8)19(25)18(24)13-9-11-17(23)12-10-14-31-21(4,5)6;1-19(2,3)28-29(25,26)27-15-21(7,8)18(24)17(23)13-9-11-16(22)12-10-14-30-20(4,5)6/h19,25H,9-16H2,1-8H3,(H,26,27);18,24H,9-15H2,1-8H3,(H,25,26). The molecule has 0 aliphatic carbocycles. The Morgan fingerprint density at radius 1 is 0.492 bits per heavy atom. The Bertz CT molecular complexity index is 1440. The van der Waals surface area contributed by atoms with E-state index >= 15 is 0 Å². The zero-order valence-electron chi connectivity index (χ0n) is 40.3. The smallest absolute Gasteiger partial charge is 0.385 e. The predicted molar refractivity (Wildman–Crippen MR) is 248 cm³/mol. The van der Waals surface area contributed by atoms with Crippen molar-refractivity contribution in [1.82, 2.24) is 0 Å². The van der Waals surface area contributed by atoms with Gasteiger partial charge in [0, 0.05) is 58.8 Å².